The molecule has 144 valence electrons. The maximum absolute atomic E-state index is 12.5. The number of amides is 1. The SMILES string of the molecule is Cc1ccc(OCCN(C)CC(=O)Nc2ccccc2-c2ccccc2)cc1. The van der Waals surface area contributed by atoms with Crippen LogP contribution < -0.4 is 10.1 Å². The maximum atomic E-state index is 12.5. The molecule has 3 rings (SSSR count). The zero-order valence-corrected chi connectivity index (χ0v) is 16.4. The largest absolute Gasteiger partial charge is 0.492 e. The number of anilines is 1. The molecule has 0 saturated heterocycles. The van der Waals surface area contributed by atoms with Crippen molar-refractivity contribution in [2.45, 2.75) is 6.92 Å². The lowest BCUT2D eigenvalue weighted by atomic mass is 10.0. The highest BCUT2D eigenvalue weighted by molar-refractivity contribution is 5.96. The van der Waals surface area contributed by atoms with Gasteiger partial charge >= 0.3 is 0 Å². The molecule has 3 aromatic carbocycles. The van der Waals surface area contributed by atoms with Gasteiger partial charge in [0.05, 0.1) is 6.54 Å². The van der Waals surface area contributed by atoms with E-state index in [2.05, 4.69) is 5.32 Å². The van der Waals surface area contributed by atoms with Crippen LogP contribution in [0.15, 0.2) is 78.9 Å². The molecular formula is C24H26N2O2. The van der Waals surface area contributed by atoms with Crippen LogP contribution in [0.4, 0.5) is 5.69 Å². The zero-order chi connectivity index (χ0) is 19.8. The van der Waals surface area contributed by atoms with Gasteiger partial charge in [0.15, 0.2) is 0 Å². The number of carbonyl (C=O) groups is 1. The van der Waals surface area contributed by atoms with Gasteiger partial charge in [0.2, 0.25) is 5.91 Å². The van der Waals surface area contributed by atoms with E-state index in [0.29, 0.717) is 19.7 Å². The van der Waals surface area contributed by atoms with E-state index in [-0.39, 0.29) is 5.91 Å². The molecule has 0 spiro atoms. The number of carbonyl (C=O) groups excluding carboxylic acids is 1. The molecule has 0 atom stereocenters. The number of para-hydroxylation sites is 1. The minimum Gasteiger partial charge on any atom is -0.492 e. The van der Waals surface area contributed by atoms with E-state index in [4.69, 9.17) is 4.74 Å². The Balaban J connectivity index is 1.51. The van der Waals surface area contributed by atoms with E-state index >= 15 is 0 Å². The molecule has 1 N–H and O–H groups in total. The van der Waals surface area contributed by atoms with Crippen LogP contribution in [0.1, 0.15) is 5.56 Å². The highest BCUT2D eigenvalue weighted by Gasteiger charge is 2.10. The van der Waals surface area contributed by atoms with Crippen LogP contribution in [0.2, 0.25) is 0 Å². The molecule has 0 bridgehead atoms. The minimum absolute atomic E-state index is 0.0405. The third-order valence-corrected chi connectivity index (χ3v) is 4.46. The average molecular weight is 374 g/mol. The summed E-state index contributed by atoms with van der Waals surface area (Å²) in [5.41, 5.74) is 4.12. The Morgan fingerprint density at radius 2 is 1.61 bits per heavy atom. The molecule has 0 aliphatic rings. The van der Waals surface area contributed by atoms with E-state index in [0.717, 1.165) is 22.6 Å². The summed E-state index contributed by atoms with van der Waals surface area (Å²) in [4.78, 5) is 14.4. The van der Waals surface area contributed by atoms with Crippen molar-refractivity contribution in [2.24, 2.45) is 0 Å². The van der Waals surface area contributed by atoms with Crippen molar-refractivity contribution in [1.29, 1.82) is 0 Å². The summed E-state index contributed by atoms with van der Waals surface area (Å²) in [5, 5.41) is 3.03. The van der Waals surface area contributed by atoms with Crippen LogP contribution in [-0.2, 0) is 4.79 Å². The molecule has 1 amide bonds. The van der Waals surface area contributed by atoms with Gasteiger partial charge in [0, 0.05) is 17.8 Å². The molecular weight excluding hydrogens is 348 g/mol. The van der Waals surface area contributed by atoms with Crippen molar-refractivity contribution in [3.05, 3.63) is 84.4 Å². The smallest absolute Gasteiger partial charge is 0.238 e. The number of ether oxygens (including phenoxy) is 1. The summed E-state index contributed by atoms with van der Waals surface area (Å²) in [6.07, 6.45) is 0. The Morgan fingerprint density at radius 1 is 0.929 bits per heavy atom. The van der Waals surface area contributed by atoms with E-state index in [1.807, 2.05) is 97.7 Å². The lowest BCUT2D eigenvalue weighted by molar-refractivity contribution is -0.117. The predicted octanol–water partition coefficient (Wildman–Crippen LogP) is 4.61. The molecule has 0 aromatic heterocycles. The van der Waals surface area contributed by atoms with E-state index in [1.165, 1.54) is 5.56 Å². The number of nitrogens with one attached hydrogen (secondary N) is 1. The summed E-state index contributed by atoms with van der Waals surface area (Å²) >= 11 is 0. The second-order valence-corrected chi connectivity index (χ2v) is 6.86. The van der Waals surface area contributed by atoms with Gasteiger partial charge in [-0.15, -0.1) is 0 Å². The number of hydrogen-bond donors (Lipinski definition) is 1. The monoisotopic (exact) mass is 374 g/mol. The van der Waals surface area contributed by atoms with Crippen LogP contribution in [0.5, 0.6) is 5.75 Å². The van der Waals surface area contributed by atoms with E-state index in [9.17, 15) is 4.79 Å². The fourth-order valence-corrected chi connectivity index (χ4v) is 2.93. The number of hydrogen-bond acceptors (Lipinski definition) is 3. The quantitative estimate of drug-likeness (QED) is 0.626. The van der Waals surface area contributed by atoms with Crippen molar-refractivity contribution < 1.29 is 9.53 Å². The average Bonchev–Trinajstić information content (AvgIpc) is 2.70. The normalized spacial score (nSPS) is 10.7. The Labute approximate surface area is 166 Å². The van der Waals surface area contributed by atoms with Gasteiger partial charge in [-0.2, -0.15) is 0 Å². The number of benzene rings is 3. The van der Waals surface area contributed by atoms with Gasteiger partial charge < -0.3 is 10.1 Å². The fraction of sp³-hybridized carbons (Fsp3) is 0.208. The number of rotatable bonds is 8. The van der Waals surface area contributed by atoms with E-state index < -0.39 is 0 Å². The first-order valence-corrected chi connectivity index (χ1v) is 9.44. The molecule has 3 aromatic rings. The highest BCUT2D eigenvalue weighted by Crippen LogP contribution is 2.27. The van der Waals surface area contributed by atoms with Gasteiger partial charge in [0.1, 0.15) is 12.4 Å². The Kier molecular flexibility index (Phi) is 6.82. The van der Waals surface area contributed by atoms with Crippen LogP contribution >= 0.6 is 0 Å². The van der Waals surface area contributed by atoms with Crippen molar-refractivity contribution in [1.82, 2.24) is 4.90 Å². The van der Waals surface area contributed by atoms with Gasteiger partial charge in [-0.1, -0.05) is 66.2 Å². The first-order chi connectivity index (χ1) is 13.6. The topological polar surface area (TPSA) is 41.6 Å². The molecule has 0 radical (unpaired) electrons. The summed E-state index contributed by atoms with van der Waals surface area (Å²) in [5.74, 6) is 0.807. The first-order valence-electron chi connectivity index (χ1n) is 9.44. The minimum atomic E-state index is -0.0405. The molecule has 0 saturated carbocycles. The predicted molar refractivity (Wildman–Crippen MR) is 115 cm³/mol. The van der Waals surface area contributed by atoms with Gasteiger partial charge in [-0.05, 0) is 37.7 Å². The highest BCUT2D eigenvalue weighted by atomic mass is 16.5. The van der Waals surface area contributed by atoms with Crippen LogP contribution in [0, 0.1) is 6.92 Å². The second kappa shape index (κ2) is 9.72. The lowest BCUT2D eigenvalue weighted by Crippen LogP contribution is -2.33. The zero-order valence-electron chi connectivity index (χ0n) is 16.4. The molecule has 0 heterocycles. The molecule has 0 aliphatic heterocycles. The Morgan fingerprint density at radius 3 is 2.36 bits per heavy atom. The third kappa shape index (κ3) is 5.69. The first kappa shape index (κ1) is 19.6. The van der Waals surface area contributed by atoms with Crippen LogP contribution in [0.25, 0.3) is 11.1 Å². The molecule has 4 nitrogen and oxygen atoms in total. The molecule has 0 fully saturated rings. The fourth-order valence-electron chi connectivity index (χ4n) is 2.93. The summed E-state index contributed by atoms with van der Waals surface area (Å²) in [7, 11) is 1.92. The molecule has 0 unspecified atom stereocenters. The second-order valence-electron chi connectivity index (χ2n) is 6.86. The van der Waals surface area contributed by atoms with Crippen molar-refractivity contribution in [3.8, 4) is 16.9 Å². The molecule has 28 heavy (non-hydrogen) atoms. The Bertz CT molecular complexity index is 892. The summed E-state index contributed by atoms with van der Waals surface area (Å²) in [6, 6.07) is 25.9. The van der Waals surface area contributed by atoms with Crippen LogP contribution in [-0.4, -0.2) is 37.6 Å². The summed E-state index contributed by atoms with van der Waals surface area (Å²) < 4.78 is 5.74. The molecule has 0 aliphatic carbocycles. The lowest BCUT2D eigenvalue weighted by Gasteiger charge is -2.18. The number of aryl methyl sites for hydroxylation is 1. The van der Waals surface area contributed by atoms with Gasteiger partial charge in [-0.3, -0.25) is 9.69 Å². The van der Waals surface area contributed by atoms with E-state index in [1.54, 1.807) is 0 Å². The molecule has 4 heteroatoms. The third-order valence-electron chi connectivity index (χ3n) is 4.46. The number of nitrogens with zero attached hydrogens (tertiary/aromatic N) is 1. The van der Waals surface area contributed by atoms with Crippen molar-refractivity contribution in [2.75, 3.05) is 32.1 Å². The maximum Gasteiger partial charge on any atom is 0.238 e. The standard InChI is InChI=1S/C24H26N2O2/c1-19-12-14-21(15-13-19)28-17-16-26(2)18-24(27)25-23-11-7-6-10-22(23)20-8-4-3-5-9-20/h3-15H,16-18H2,1-2H3,(H,25,27). The number of likely N-dealkylation sites (N-methyl/N-ethyl adjacent to an activating group) is 1. The van der Waals surface area contributed by atoms with Crippen LogP contribution in [0.3, 0.4) is 0 Å². The Hall–Kier alpha value is -3.11. The van der Waals surface area contributed by atoms with Crippen molar-refractivity contribution in [3.63, 3.8) is 0 Å². The van der Waals surface area contributed by atoms with Gasteiger partial charge in [-0.25, -0.2) is 0 Å². The van der Waals surface area contributed by atoms with Crippen molar-refractivity contribution >= 4 is 11.6 Å². The summed E-state index contributed by atoms with van der Waals surface area (Å²) in [6.45, 7) is 3.56. The van der Waals surface area contributed by atoms with Gasteiger partial charge in [0.25, 0.3) is 0 Å².